The zero-order chi connectivity index (χ0) is 18.6. The quantitative estimate of drug-likeness (QED) is 0.766. The van der Waals surface area contributed by atoms with E-state index in [0.717, 1.165) is 12.8 Å². The third kappa shape index (κ3) is 3.64. The van der Waals surface area contributed by atoms with Crippen molar-refractivity contribution < 1.29 is 13.9 Å². The fourth-order valence-electron chi connectivity index (χ4n) is 3.25. The molecule has 1 atom stereocenters. The maximum atomic E-state index is 13.9. The Hall–Kier alpha value is -3.29. The fraction of sp³-hybridized carbons (Fsp3) is 0.263. The first kappa shape index (κ1) is 17.1. The van der Waals surface area contributed by atoms with Gasteiger partial charge in [-0.2, -0.15) is 0 Å². The number of nitrogens with one attached hydrogen (secondary N) is 1. The van der Waals surface area contributed by atoms with E-state index in [4.69, 9.17) is 4.74 Å². The van der Waals surface area contributed by atoms with Crippen LogP contribution in [0.25, 0.3) is 0 Å². The summed E-state index contributed by atoms with van der Waals surface area (Å²) in [6.45, 7) is 1.16. The normalized spacial score (nSPS) is 16.9. The third-order valence-electron chi connectivity index (χ3n) is 4.56. The zero-order valence-corrected chi connectivity index (χ0v) is 14.5. The number of benzene rings is 1. The number of likely N-dealkylation sites (tertiary alicyclic amines) is 1. The summed E-state index contributed by atoms with van der Waals surface area (Å²) in [6, 6.07) is 6.17. The van der Waals surface area contributed by atoms with E-state index in [1.165, 1.54) is 24.8 Å². The molecule has 138 valence electrons. The molecule has 4 rings (SSSR count). The molecule has 1 N–H and O–H groups in total. The highest BCUT2D eigenvalue weighted by molar-refractivity contribution is 5.92. The Kier molecular flexibility index (Phi) is 4.78. The summed E-state index contributed by atoms with van der Waals surface area (Å²) in [5.74, 6) is -0.239. The minimum atomic E-state index is -0.464. The Labute approximate surface area is 155 Å². The van der Waals surface area contributed by atoms with Gasteiger partial charge in [-0.3, -0.25) is 9.78 Å². The lowest BCUT2D eigenvalue weighted by atomic mass is 9.94. The van der Waals surface area contributed by atoms with Crippen molar-refractivity contribution in [2.45, 2.75) is 18.8 Å². The van der Waals surface area contributed by atoms with E-state index in [1.54, 1.807) is 29.3 Å². The smallest absolute Gasteiger partial charge is 0.271 e. The van der Waals surface area contributed by atoms with Crippen LogP contribution >= 0.6 is 0 Å². The first-order valence-electron chi connectivity index (χ1n) is 8.73. The molecule has 1 aliphatic rings. The molecule has 0 bridgehead atoms. The highest BCUT2D eigenvalue weighted by atomic mass is 19.1. The third-order valence-corrected chi connectivity index (χ3v) is 4.56. The number of piperidine rings is 1. The topological polar surface area (TPSA) is 84.0 Å². The number of carbonyl (C=O) groups is 1. The number of nitrogens with zero attached hydrogens (tertiary/aromatic N) is 4. The van der Waals surface area contributed by atoms with Gasteiger partial charge in [0.25, 0.3) is 5.91 Å². The van der Waals surface area contributed by atoms with Crippen molar-refractivity contribution in [2.24, 2.45) is 0 Å². The molecule has 3 heterocycles. The largest absolute Gasteiger partial charge is 0.434 e. The van der Waals surface area contributed by atoms with Gasteiger partial charge in [-0.1, -0.05) is 12.1 Å². The van der Waals surface area contributed by atoms with Crippen molar-refractivity contribution in [3.05, 3.63) is 66.4 Å². The van der Waals surface area contributed by atoms with Crippen molar-refractivity contribution >= 4 is 5.91 Å². The van der Waals surface area contributed by atoms with Crippen LogP contribution in [-0.4, -0.2) is 43.8 Å². The number of rotatable bonds is 4. The average Bonchev–Trinajstić information content (AvgIpc) is 3.24. The number of aromatic nitrogens is 4. The van der Waals surface area contributed by atoms with Crippen LogP contribution in [0.1, 0.15) is 34.9 Å². The number of H-pyrrole nitrogens is 1. The molecule has 1 unspecified atom stereocenters. The highest BCUT2D eigenvalue weighted by Gasteiger charge is 2.29. The van der Waals surface area contributed by atoms with Gasteiger partial charge in [-0.15, -0.1) is 0 Å². The predicted molar refractivity (Wildman–Crippen MR) is 95.0 cm³/mol. The van der Waals surface area contributed by atoms with E-state index in [0.29, 0.717) is 24.5 Å². The number of hydrogen-bond acceptors (Lipinski definition) is 5. The SMILES string of the molecule is O=C(c1cnc[nH]1)N1CCCC(c2nccnc2Oc2ccccc2F)C1. The Bertz CT molecular complexity index is 931. The number of carbonyl (C=O) groups excluding carboxylic acids is 1. The van der Waals surface area contributed by atoms with Gasteiger partial charge in [0.15, 0.2) is 11.6 Å². The van der Waals surface area contributed by atoms with Crippen molar-refractivity contribution in [3.8, 4) is 11.6 Å². The lowest BCUT2D eigenvalue weighted by Crippen LogP contribution is -2.39. The standard InChI is InChI=1S/C19H18FN5O2/c20-14-5-1-2-6-16(14)27-18-17(22-7-8-23-18)13-4-3-9-25(11-13)19(26)15-10-21-12-24-15/h1-2,5-8,10,12-13H,3-4,9,11H2,(H,21,24). The number of amides is 1. The number of halogens is 1. The number of ether oxygens (including phenoxy) is 1. The van der Waals surface area contributed by atoms with Crippen molar-refractivity contribution in [1.82, 2.24) is 24.8 Å². The van der Waals surface area contributed by atoms with Crippen molar-refractivity contribution in [2.75, 3.05) is 13.1 Å². The number of para-hydroxylation sites is 1. The van der Waals surface area contributed by atoms with Crippen LogP contribution in [0.4, 0.5) is 4.39 Å². The number of aromatic amines is 1. The molecule has 1 saturated heterocycles. The second-order valence-electron chi connectivity index (χ2n) is 6.33. The summed E-state index contributed by atoms with van der Waals surface area (Å²) in [5.41, 5.74) is 1.08. The molecular weight excluding hydrogens is 349 g/mol. The molecule has 8 heteroatoms. The minimum absolute atomic E-state index is 0.0407. The van der Waals surface area contributed by atoms with E-state index >= 15 is 0 Å². The van der Waals surface area contributed by atoms with E-state index in [2.05, 4.69) is 19.9 Å². The molecule has 7 nitrogen and oxygen atoms in total. The first-order chi connectivity index (χ1) is 13.2. The molecule has 1 aliphatic heterocycles. The van der Waals surface area contributed by atoms with Gasteiger partial charge in [-0.25, -0.2) is 14.4 Å². The second kappa shape index (κ2) is 7.53. The van der Waals surface area contributed by atoms with Gasteiger partial charge in [0.05, 0.1) is 12.5 Å². The lowest BCUT2D eigenvalue weighted by molar-refractivity contribution is 0.0699. The summed E-state index contributed by atoms with van der Waals surface area (Å²) < 4.78 is 19.6. The Balaban J connectivity index is 1.56. The Morgan fingerprint density at radius 1 is 1.26 bits per heavy atom. The molecular formula is C19H18FN5O2. The van der Waals surface area contributed by atoms with Crippen LogP contribution in [0.5, 0.6) is 11.6 Å². The molecule has 1 amide bonds. The number of imidazole rings is 1. The van der Waals surface area contributed by atoms with Crippen molar-refractivity contribution in [1.29, 1.82) is 0 Å². The number of hydrogen-bond donors (Lipinski definition) is 1. The molecule has 3 aromatic rings. The Morgan fingerprint density at radius 2 is 2.11 bits per heavy atom. The highest BCUT2D eigenvalue weighted by Crippen LogP contribution is 2.33. The van der Waals surface area contributed by atoms with Crippen LogP contribution in [0, 0.1) is 5.82 Å². The average molecular weight is 367 g/mol. The van der Waals surface area contributed by atoms with Crippen LogP contribution in [-0.2, 0) is 0 Å². The van der Waals surface area contributed by atoms with Crippen LogP contribution in [0.15, 0.2) is 49.2 Å². The maximum absolute atomic E-state index is 13.9. The summed E-state index contributed by atoms with van der Waals surface area (Å²) in [4.78, 5) is 29.8. The first-order valence-corrected chi connectivity index (χ1v) is 8.73. The van der Waals surface area contributed by atoms with Gasteiger partial charge in [0.2, 0.25) is 5.88 Å². The van der Waals surface area contributed by atoms with Gasteiger partial charge in [0, 0.05) is 31.4 Å². The minimum Gasteiger partial charge on any atom is -0.434 e. The molecule has 2 aromatic heterocycles. The van der Waals surface area contributed by atoms with Crippen LogP contribution in [0.2, 0.25) is 0 Å². The molecule has 27 heavy (non-hydrogen) atoms. The lowest BCUT2D eigenvalue weighted by Gasteiger charge is -2.32. The molecule has 1 aromatic carbocycles. The monoisotopic (exact) mass is 367 g/mol. The van der Waals surface area contributed by atoms with Crippen LogP contribution in [0.3, 0.4) is 0 Å². The molecule has 0 aliphatic carbocycles. The molecule has 0 radical (unpaired) electrons. The van der Waals surface area contributed by atoms with Gasteiger partial charge in [0.1, 0.15) is 11.4 Å². The summed E-state index contributed by atoms with van der Waals surface area (Å²) >= 11 is 0. The summed E-state index contributed by atoms with van der Waals surface area (Å²) in [7, 11) is 0. The van der Waals surface area contributed by atoms with E-state index < -0.39 is 5.82 Å². The Morgan fingerprint density at radius 3 is 2.93 bits per heavy atom. The van der Waals surface area contributed by atoms with Gasteiger partial charge >= 0.3 is 0 Å². The van der Waals surface area contributed by atoms with Gasteiger partial charge in [-0.05, 0) is 25.0 Å². The van der Waals surface area contributed by atoms with E-state index in [9.17, 15) is 9.18 Å². The summed E-state index contributed by atoms with van der Waals surface area (Å²) in [6.07, 6.45) is 7.77. The fourth-order valence-corrected chi connectivity index (χ4v) is 3.25. The molecule has 0 saturated carbocycles. The van der Waals surface area contributed by atoms with Crippen LogP contribution < -0.4 is 4.74 Å². The molecule has 1 fully saturated rings. The van der Waals surface area contributed by atoms with E-state index in [1.807, 2.05) is 0 Å². The van der Waals surface area contributed by atoms with Gasteiger partial charge < -0.3 is 14.6 Å². The van der Waals surface area contributed by atoms with E-state index in [-0.39, 0.29) is 23.5 Å². The van der Waals surface area contributed by atoms with Crippen molar-refractivity contribution in [3.63, 3.8) is 0 Å². The maximum Gasteiger partial charge on any atom is 0.271 e. The zero-order valence-electron chi connectivity index (χ0n) is 14.5. The molecule has 0 spiro atoms. The summed E-state index contributed by atoms with van der Waals surface area (Å²) in [5, 5.41) is 0. The second-order valence-corrected chi connectivity index (χ2v) is 6.33. The predicted octanol–water partition coefficient (Wildman–Crippen LogP) is 3.15.